The van der Waals surface area contributed by atoms with Gasteiger partial charge in [-0.3, -0.25) is 0 Å². The molecule has 1 aromatic heterocycles. The molecule has 0 spiro atoms. The number of ether oxygens (including phenoxy) is 1. The predicted molar refractivity (Wildman–Crippen MR) is 76.4 cm³/mol. The molecule has 1 aliphatic rings. The summed E-state index contributed by atoms with van der Waals surface area (Å²) in [7, 11) is 1.97. The number of nitrogens with one attached hydrogen (secondary N) is 1. The van der Waals surface area contributed by atoms with E-state index in [1.54, 1.807) is 11.3 Å². The van der Waals surface area contributed by atoms with E-state index in [2.05, 4.69) is 22.1 Å². The minimum atomic E-state index is 0.385. The topological polar surface area (TPSA) is 37.4 Å². The Kier molecular flexibility index (Phi) is 5.41. The SMILES string of the molecule is CCCOC1CCCN(c2ncc(CNC)s2)C1. The molecule has 18 heavy (non-hydrogen) atoms. The molecular weight excluding hydrogens is 246 g/mol. The summed E-state index contributed by atoms with van der Waals surface area (Å²) < 4.78 is 5.86. The van der Waals surface area contributed by atoms with Crippen LogP contribution in [0.15, 0.2) is 6.20 Å². The average Bonchev–Trinajstić information content (AvgIpc) is 2.86. The van der Waals surface area contributed by atoms with Crippen LogP contribution in [0.5, 0.6) is 0 Å². The molecule has 0 aromatic carbocycles. The first-order chi connectivity index (χ1) is 8.83. The van der Waals surface area contributed by atoms with Gasteiger partial charge in [0.1, 0.15) is 0 Å². The Morgan fingerprint density at radius 3 is 3.28 bits per heavy atom. The van der Waals surface area contributed by atoms with E-state index in [1.807, 2.05) is 13.2 Å². The Bertz CT molecular complexity index is 356. The van der Waals surface area contributed by atoms with Crippen molar-refractivity contribution in [3.63, 3.8) is 0 Å². The molecule has 0 bridgehead atoms. The molecule has 2 rings (SSSR count). The number of hydrogen-bond donors (Lipinski definition) is 1. The predicted octanol–water partition coefficient (Wildman–Crippen LogP) is 2.26. The van der Waals surface area contributed by atoms with Crippen LogP contribution in [0.3, 0.4) is 0 Å². The summed E-state index contributed by atoms with van der Waals surface area (Å²) in [5, 5.41) is 4.31. The van der Waals surface area contributed by atoms with Gasteiger partial charge in [-0.25, -0.2) is 4.98 Å². The van der Waals surface area contributed by atoms with E-state index in [0.717, 1.165) is 37.8 Å². The fourth-order valence-corrected chi connectivity index (χ4v) is 3.19. The van der Waals surface area contributed by atoms with Crippen molar-refractivity contribution < 1.29 is 4.74 Å². The van der Waals surface area contributed by atoms with Gasteiger partial charge in [0.15, 0.2) is 5.13 Å². The molecule has 2 heterocycles. The number of thiazole rings is 1. The molecular formula is C13H23N3OS. The van der Waals surface area contributed by atoms with Gasteiger partial charge in [0.05, 0.1) is 6.10 Å². The molecule has 1 saturated heterocycles. The van der Waals surface area contributed by atoms with Gasteiger partial charge >= 0.3 is 0 Å². The zero-order valence-electron chi connectivity index (χ0n) is 11.3. The smallest absolute Gasteiger partial charge is 0.185 e. The van der Waals surface area contributed by atoms with E-state index < -0.39 is 0 Å². The number of rotatable bonds is 6. The Balaban J connectivity index is 1.90. The highest BCUT2D eigenvalue weighted by Gasteiger charge is 2.22. The molecule has 1 aliphatic heterocycles. The molecule has 0 radical (unpaired) electrons. The molecule has 4 nitrogen and oxygen atoms in total. The van der Waals surface area contributed by atoms with Gasteiger partial charge in [-0.05, 0) is 26.3 Å². The van der Waals surface area contributed by atoms with Crippen molar-refractivity contribution in [1.82, 2.24) is 10.3 Å². The van der Waals surface area contributed by atoms with E-state index >= 15 is 0 Å². The summed E-state index contributed by atoms with van der Waals surface area (Å²) in [5.41, 5.74) is 0. The van der Waals surface area contributed by atoms with Crippen LogP contribution in [-0.2, 0) is 11.3 Å². The van der Waals surface area contributed by atoms with Gasteiger partial charge in [-0.1, -0.05) is 6.92 Å². The zero-order chi connectivity index (χ0) is 12.8. The van der Waals surface area contributed by atoms with Crippen LogP contribution in [0.1, 0.15) is 31.1 Å². The third kappa shape index (κ3) is 3.67. The van der Waals surface area contributed by atoms with E-state index in [1.165, 1.54) is 17.7 Å². The van der Waals surface area contributed by atoms with Crippen molar-refractivity contribution in [3.8, 4) is 0 Å². The molecule has 1 aromatic rings. The molecule has 1 fully saturated rings. The van der Waals surface area contributed by atoms with Gasteiger partial charge in [0, 0.05) is 37.3 Å². The number of nitrogens with zero attached hydrogens (tertiary/aromatic N) is 2. The fourth-order valence-electron chi connectivity index (χ4n) is 2.23. The van der Waals surface area contributed by atoms with Crippen LogP contribution >= 0.6 is 11.3 Å². The monoisotopic (exact) mass is 269 g/mol. The van der Waals surface area contributed by atoms with Crippen LogP contribution in [0.25, 0.3) is 0 Å². The lowest BCUT2D eigenvalue weighted by molar-refractivity contribution is 0.0440. The minimum Gasteiger partial charge on any atom is -0.376 e. The minimum absolute atomic E-state index is 0.385. The Labute approximate surface area is 113 Å². The Hall–Kier alpha value is -0.650. The summed E-state index contributed by atoms with van der Waals surface area (Å²) >= 11 is 1.79. The lowest BCUT2D eigenvalue weighted by Crippen LogP contribution is -2.39. The van der Waals surface area contributed by atoms with Gasteiger partial charge in [0.25, 0.3) is 0 Å². The highest BCUT2D eigenvalue weighted by atomic mass is 32.1. The van der Waals surface area contributed by atoms with Crippen molar-refractivity contribution in [2.45, 2.75) is 38.8 Å². The van der Waals surface area contributed by atoms with Crippen molar-refractivity contribution in [1.29, 1.82) is 0 Å². The lowest BCUT2D eigenvalue weighted by Gasteiger charge is -2.32. The summed E-state index contributed by atoms with van der Waals surface area (Å²) in [6, 6.07) is 0. The molecule has 102 valence electrons. The van der Waals surface area contributed by atoms with Crippen LogP contribution in [0.4, 0.5) is 5.13 Å². The first kappa shape index (κ1) is 13.8. The summed E-state index contributed by atoms with van der Waals surface area (Å²) in [6.07, 6.45) is 5.85. The van der Waals surface area contributed by atoms with Gasteiger partial charge in [0.2, 0.25) is 0 Å². The van der Waals surface area contributed by atoms with Crippen molar-refractivity contribution in [3.05, 3.63) is 11.1 Å². The molecule has 0 amide bonds. The van der Waals surface area contributed by atoms with E-state index in [9.17, 15) is 0 Å². The summed E-state index contributed by atoms with van der Waals surface area (Å²) in [6.45, 7) is 6.04. The van der Waals surface area contributed by atoms with Gasteiger partial charge < -0.3 is 15.0 Å². The normalized spacial score (nSPS) is 20.3. The van der Waals surface area contributed by atoms with Crippen LogP contribution in [0, 0.1) is 0 Å². The maximum atomic E-state index is 5.86. The average molecular weight is 269 g/mol. The second-order valence-electron chi connectivity index (χ2n) is 4.72. The number of aromatic nitrogens is 1. The highest BCUT2D eigenvalue weighted by Crippen LogP contribution is 2.26. The standard InChI is InChI=1S/C13H23N3OS/c1-3-7-17-11-5-4-6-16(10-11)13-15-9-12(18-13)8-14-2/h9,11,14H,3-8,10H2,1-2H3. The lowest BCUT2D eigenvalue weighted by atomic mass is 10.1. The molecule has 1 atom stereocenters. The third-order valence-corrected chi connectivity index (χ3v) is 4.16. The second-order valence-corrected chi connectivity index (χ2v) is 5.81. The quantitative estimate of drug-likeness (QED) is 0.859. The molecule has 5 heteroatoms. The summed E-state index contributed by atoms with van der Waals surface area (Å²) in [4.78, 5) is 8.19. The van der Waals surface area contributed by atoms with E-state index in [4.69, 9.17) is 4.74 Å². The van der Waals surface area contributed by atoms with Crippen molar-refractivity contribution in [2.24, 2.45) is 0 Å². The Morgan fingerprint density at radius 2 is 2.50 bits per heavy atom. The third-order valence-electron chi connectivity index (χ3n) is 3.10. The summed E-state index contributed by atoms with van der Waals surface area (Å²) in [5.74, 6) is 0. The molecule has 0 aliphatic carbocycles. The largest absolute Gasteiger partial charge is 0.376 e. The Morgan fingerprint density at radius 1 is 1.61 bits per heavy atom. The van der Waals surface area contributed by atoms with Crippen LogP contribution < -0.4 is 10.2 Å². The maximum absolute atomic E-state index is 5.86. The van der Waals surface area contributed by atoms with E-state index in [0.29, 0.717) is 6.10 Å². The fraction of sp³-hybridized carbons (Fsp3) is 0.769. The van der Waals surface area contributed by atoms with Crippen molar-refractivity contribution >= 4 is 16.5 Å². The first-order valence-electron chi connectivity index (χ1n) is 6.79. The molecule has 0 saturated carbocycles. The molecule has 1 N–H and O–H groups in total. The van der Waals surface area contributed by atoms with Crippen LogP contribution in [0.2, 0.25) is 0 Å². The van der Waals surface area contributed by atoms with E-state index in [-0.39, 0.29) is 0 Å². The van der Waals surface area contributed by atoms with Gasteiger partial charge in [-0.15, -0.1) is 11.3 Å². The maximum Gasteiger partial charge on any atom is 0.185 e. The second kappa shape index (κ2) is 7.07. The number of anilines is 1. The number of hydrogen-bond acceptors (Lipinski definition) is 5. The highest BCUT2D eigenvalue weighted by molar-refractivity contribution is 7.15. The van der Waals surface area contributed by atoms with Crippen molar-refractivity contribution in [2.75, 3.05) is 31.6 Å². The first-order valence-corrected chi connectivity index (χ1v) is 7.61. The van der Waals surface area contributed by atoms with Crippen LogP contribution in [-0.4, -0.2) is 37.8 Å². The van der Waals surface area contributed by atoms with Gasteiger partial charge in [-0.2, -0.15) is 0 Å². The number of piperidine rings is 1. The molecule has 1 unspecified atom stereocenters. The zero-order valence-corrected chi connectivity index (χ0v) is 12.1.